The monoisotopic (exact) mass is 280 g/mol. The lowest BCUT2D eigenvalue weighted by molar-refractivity contribution is -0.139. The maximum Gasteiger partial charge on any atom is 0.309 e. The molecule has 6 nitrogen and oxygen atoms in total. The lowest BCUT2D eigenvalue weighted by Crippen LogP contribution is -2.41. The molecule has 1 rings (SSSR count). The summed E-state index contributed by atoms with van der Waals surface area (Å²) in [5.41, 5.74) is 0.784. The standard InChI is InChI=1S/C14H20N2O4/c1-20-10-9-16-14(19)13(18)15-8-7-12(17)11-5-3-2-4-6-11/h2-6,12,17H,7-10H2,1H3,(H,15,18)(H,16,19)/t12-/m1/s1. The summed E-state index contributed by atoms with van der Waals surface area (Å²) >= 11 is 0. The molecule has 6 heteroatoms. The molecule has 1 aromatic rings. The Hall–Kier alpha value is -1.92. The molecule has 0 aliphatic carbocycles. The maximum absolute atomic E-state index is 11.4. The van der Waals surface area contributed by atoms with E-state index in [4.69, 9.17) is 4.74 Å². The maximum atomic E-state index is 11.4. The summed E-state index contributed by atoms with van der Waals surface area (Å²) in [5, 5.41) is 14.7. The van der Waals surface area contributed by atoms with Crippen molar-refractivity contribution >= 4 is 11.8 Å². The second-order valence-electron chi connectivity index (χ2n) is 4.22. The number of hydrogen-bond acceptors (Lipinski definition) is 4. The molecular weight excluding hydrogens is 260 g/mol. The smallest absolute Gasteiger partial charge is 0.309 e. The molecule has 20 heavy (non-hydrogen) atoms. The molecule has 0 radical (unpaired) electrons. The Kier molecular flexibility index (Phi) is 7.31. The Morgan fingerprint density at radius 2 is 1.75 bits per heavy atom. The number of amides is 2. The van der Waals surface area contributed by atoms with Gasteiger partial charge >= 0.3 is 11.8 Å². The fraction of sp³-hybridized carbons (Fsp3) is 0.429. The number of benzene rings is 1. The number of methoxy groups -OCH3 is 1. The van der Waals surface area contributed by atoms with E-state index < -0.39 is 17.9 Å². The minimum Gasteiger partial charge on any atom is -0.388 e. The first kappa shape index (κ1) is 16.1. The van der Waals surface area contributed by atoms with Gasteiger partial charge in [0.1, 0.15) is 0 Å². The van der Waals surface area contributed by atoms with E-state index in [1.807, 2.05) is 30.3 Å². The van der Waals surface area contributed by atoms with Gasteiger partial charge < -0.3 is 20.5 Å². The molecule has 0 aliphatic heterocycles. The van der Waals surface area contributed by atoms with Gasteiger partial charge in [0, 0.05) is 20.2 Å². The van der Waals surface area contributed by atoms with Gasteiger partial charge in [0.25, 0.3) is 0 Å². The van der Waals surface area contributed by atoms with Crippen LogP contribution in [-0.4, -0.2) is 43.7 Å². The lowest BCUT2D eigenvalue weighted by atomic mass is 10.1. The molecule has 0 saturated carbocycles. The zero-order valence-corrected chi connectivity index (χ0v) is 11.5. The van der Waals surface area contributed by atoms with Crippen LogP contribution in [-0.2, 0) is 14.3 Å². The SMILES string of the molecule is COCCNC(=O)C(=O)NCC[C@@H](O)c1ccccc1. The zero-order valence-electron chi connectivity index (χ0n) is 11.5. The van der Waals surface area contributed by atoms with E-state index in [1.54, 1.807) is 0 Å². The molecule has 0 saturated heterocycles. The summed E-state index contributed by atoms with van der Waals surface area (Å²) < 4.78 is 4.75. The zero-order chi connectivity index (χ0) is 14.8. The first-order valence-corrected chi connectivity index (χ1v) is 6.43. The van der Waals surface area contributed by atoms with Gasteiger partial charge in [0.15, 0.2) is 0 Å². The highest BCUT2D eigenvalue weighted by atomic mass is 16.5. The molecular formula is C14H20N2O4. The average Bonchev–Trinajstić information content (AvgIpc) is 2.48. The highest BCUT2D eigenvalue weighted by molar-refractivity contribution is 6.35. The summed E-state index contributed by atoms with van der Waals surface area (Å²) in [6.45, 7) is 0.869. The van der Waals surface area contributed by atoms with Crippen molar-refractivity contribution < 1.29 is 19.4 Å². The number of carbonyl (C=O) groups is 2. The number of aliphatic hydroxyl groups excluding tert-OH is 1. The fourth-order valence-corrected chi connectivity index (χ4v) is 1.59. The molecule has 0 heterocycles. The largest absolute Gasteiger partial charge is 0.388 e. The second-order valence-corrected chi connectivity index (χ2v) is 4.22. The van der Waals surface area contributed by atoms with Crippen molar-refractivity contribution in [2.75, 3.05) is 26.8 Å². The molecule has 0 unspecified atom stereocenters. The number of ether oxygens (including phenoxy) is 1. The Labute approximate surface area is 118 Å². The first-order chi connectivity index (χ1) is 9.65. The number of aliphatic hydroxyl groups is 1. The molecule has 0 bridgehead atoms. The van der Waals surface area contributed by atoms with Gasteiger partial charge in [0.05, 0.1) is 12.7 Å². The van der Waals surface area contributed by atoms with E-state index in [1.165, 1.54) is 7.11 Å². The van der Waals surface area contributed by atoms with Crippen LogP contribution in [0.3, 0.4) is 0 Å². The Balaban J connectivity index is 2.23. The summed E-state index contributed by atoms with van der Waals surface area (Å²) in [6, 6.07) is 9.15. The Morgan fingerprint density at radius 3 is 2.35 bits per heavy atom. The van der Waals surface area contributed by atoms with E-state index in [-0.39, 0.29) is 13.1 Å². The Morgan fingerprint density at radius 1 is 1.15 bits per heavy atom. The highest BCUT2D eigenvalue weighted by Gasteiger charge is 2.13. The highest BCUT2D eigenvalue weighted by Crippen LogP contribution is 2.14. The predicted molar refractivity (Wildman–Crippen MR) is 73.9 cm³/mol. The van der Waals surface area contributed by atoms with Crippen LogP contribution >= 0.6 is 0 Å². The third kappa shape index (κ3) is 5.81. The molecule has 1 aromatic carbocycles. The van der Waals surface area contributed by atoms with Gasteiger partial charge in [-0.05, 0) is 12.0 Å². The molecule has 0 fully saturated rings. The summed E-state index contributed by atoms with van der Waals surface area (Å²) in [7, 11) is 1.51. The van der Waals surface area contributed by atoms with E-state index >= 15 is 0 Å². The van der Waals surface area contributed by atoms with Gasteiger partial charge in [-0.25, -0.2) is 0 Å². The molecule has 0 spiro atoms. The van der Waals surface area contributed by atoms with Crippen LogP contribution in [0.15, 0.2) is 30.3 Å². The van der Waals surface area contributed by atoms with Crippen molar-refractivity contribution in [2.24, 2.45) is 0 Å². The van der Waals surface area contributed by atoms with Crippen molar-refractivity contribution in [3.8, 4) is 0 Å². The molecule has 0 aromatic heterocycles. The molecule has 3 N–H and O–H groups in total. The van der Waals surface area contributed by atoms with Gasteiger partial charge in [-0.1, -0.05) is 30.3 Å². The Bertz CT molecular complexity index is 422. The van der Waals surface area contributed by atoms with E-state index in [9.17, 15) is 14.7 Å². The van der Waals surface area contributed by atoms with Gasteiger partial charge in [-0.2, -0.15) is 0 Å². The number of rotatable bonds is 7. The minimum absolute atomic E-state index is 0.229. The van der Waals surface area contributed by atoms with E-state index in [2.05, 4.69) is 10.6 Å². The number of nitrogens with one attached hydrogen (secondary N) is 2. The van der Waals surface area contributed by atoms with Gasteiger partial charge in [-0.3, -0.25) is 9.59 Å². The lowest BCUT2D eigenvalue weighted by Gasteiger charge is -2.11. The van der Waals surface area contributed by atoms with Crippen LogP contribution in [0.5, 0.6) is 0 Å². The summed E-state index contributed by atoms with van der Waals surface area (Å²) in [6.07, 6.45) is -0.311. The second kappa shape index (κ2) is 9.06. The summed E-state index contributed by atoms with van der Waals surface area (Å²) in [5.74, 6) is -1.40. The molecule has 0 aliphatic rings. The van der Waals surface area contributed by atoms with Crippen molar-refractivity contribution in [3.05, 3.63) is 35.9 Å². The van der Waals surface area contributed by atoms with Crippen LogP contribution in [0, 0.1) is 0 Å². The quantitative estimate of drug-likeness (QED) is 0.484. The molecule has 2 amide bonds. The van der Waals surface area contributed by atoms with Crippen molar-refractivity contribution in [1.29, 1.82) is 0 Å². The average molecular weight is 280 g/mol. The number of carbonyl (C=O) groups excluding carboxylic acids is 2. The van der Waals surface area contributed by atoms with E-state index in [0.29, 0.717) is 13.0 Å². The normalized spacial score (nSPS) is 11.7. The van der Waals surface area contributed by atoms with Gasteiger partial charge in [0.2, 0.25) is 0 Å². The predicted octanol–water partition coefficient (Wildman–Crippen LogP) is -0.0111. The van der Waals surface area contributed by atoms with Crippen LogP contribution in [0.1, 0.15) is 18.1 Å². The summed E-state index contributed by atoms with van der Waals surface area (Å²) in [4.78, 5) is 22.7. The van der Waals surface area contributed by atoms with Crippen LogP contribution in [0.2, 0.25) is 0 Å². The third-order valence-electron chi connectivity index (χ3n) is 2.69. The van der Waals surface area contributed by atoms with Crippen LogP contribution in [0.4, 0.5) is 0 Å². The topological polar surface area (TPSA) is 87.7 Å². The van der Waals surface area contributed by atoms with Crippen LogP contribution < -0.4 is 10.6 Å². The van der Waals surface area contributed by atoms with Crippen molar-refractivity contribution in [3.63, 3.8) is 0 Å². The fourth-order valence-electron chi connectivity index (χ4n) is 1.59. The van der Waals surface area contributed by atoms with Crippen molar-refractivity contribution in [1.82, 2.24) is 10.6 Å². The van der Waals surface area contributed by atoms with Crippen LogP contribution in [0.25, 0.3) is 0 Å². The third-order valence-corrected chi connectivity index (χ3v) is 2.69. The van der Waals surface area contributed by atoms with Crippen molar-refractivity contribution in [2.45, 2.75) is 12.5 Å². The first-order valence-electron chi connectivity index (χ1n) is 6.43. The molecule has 1 atom stereocenters. The number of hydrogen-bond donors (Lipinski definition) is 3. The minimum atomic E-state index is -0.707. The van der Waals surface area contributed by atoms with E-state index in [0.717, 1.165) is 5.56 Å². The van der Waals surface area contributed by atoms with Gasteiger partial charge in [-0.15, -0.1) is 0 Å². The molecule has 110 valence electrons.